The summed E-state index contributed by atoms with van der Waals surface area (Å²) in [6, 6.07) is 55.5. The molecule has 3 aliphatic rings. The van der Waals surface area contributed by atoms with Crippen molar-refractivity contribution in [3.63, 3.8) is 0 Å². The first-order valence-corrected chi connectivity index (χ1v) is 23.9. The van der Waals surface area contributed by atoms with E-state index in [-0.39, 0.29) is 27.4 Å². The molecule has 66 heavy (non-hydrogen) atoms. The van der Waals surface area contributed by atoms with Crippen LogP contribution in [0.3, 0.4) is 0 Å². The molecule has 7 aromatic rings. The normalized spacial score (nSPS) is 13.7. The number of rotatable bonds is 7. The van der Waals surface area contributed by atoms with Gasteiger partial charge < -0.3 is 0 Å². The Bertz CT molecular complexity index is 2850. The van der Waals surface area contributed by atoms with Gasteiger partial charge in [-0.15, -0.1) is 0 Å². The number of ketones is 2. The van der Waals surface area contributed by atoms with E-state index >= 15 is 0 Å². The van der Waals surface area contributed by atoms with Crippen molar-refractivity contribution in [3.8, 4) is 11.1 Å². The van der Waals surface area contributed by atoms with Crippen LogP contribution in [0.4, 0.5) is 0 Å². The third-order valence-electron chi connectivity index (χ3n) is 13.4. The molecule has 0 saturated carbocycles. The predicted octanol–water partition coefficient (Wildman–Crippen LogP) is 16.6. The van der Waals surface area contributed by atoms with Gasteiger partial charge in [0, 0.05) is 28.5 Å². The smallest absolute Gasteiger partial charge is 0.194 e. The lowest BCUT2D eigenvalue weighted by atomic mass is 9.62. The van der Waals surface area contributed by atoms with Gasteiger partial charge in [0.05, 0.1) is 0 Å². The molecule has 3 aliphatic carbocycles. The van der Waals surface area contributed by atoms with Crippen molar-refractivity contribution in [3.05, 3.63) is 232 Å². The summed E-state index contributed by atoms with van der Waals surface area (Å²) in [5, 5.41) is 2.58. The molecule has 0 saturated heterocycles. The first kappa shape index (κ1) is 46.2. The summed E-state index contributed by atoms with van der Waals surface area (Å²) in [6.45, 7) is 20.0. The van der Waals surface area contributed by atoms with Crippen molar-refractivity contribution in [1.82, 2.24) is 0 Å². The summed E-state index contributed by atoms with van der Waals surface area (Å²) in [5.74, 6) is 0.466. The Hall–Kier alpha value is -6.38. The van der Waals surface area contributed by atoms with Gasteiger partial charge in [0.15, 0.2) is 11.6 Å². The lowest BCUT2D eigenvalue weighted by molar-refractivity contribution is 0.0964. The topological polar surface area (TPSA) is 34.1 Å². The Kier molecular flexibility index (Phi) is 12.9. The molecule has 0 N–H and O–H groups in total. The third kappa shape index (κ3) is 9.48. The number of benzene rings is 7. The second-order valence-corrected chi connectivity index (χ2v) is 21.8. The van der Waals surface area contributed by atoms with Gasteiger partial charge in [-0.1, -0.05) is 238 Å². The average Bonchev–Trinajstić information content (AvgIpc) is 3.60. The zero-order valence-electron chi connectivity index (χ0n) is 40.6. The number of carbonyl (C=O) groups excluding carboxylic acids is 2. The van der Waals surface area contributed by atoms with Crippen LogP contribution in [0.1, 0.15) is 147 Å². The molecule has 7 aromatic carbocycles. The van der Waals surface area contributed by atoms with Crippen LogP contribution in [0.5, 0.6) is 0 Å². The van der Waals surface area contributed by atoms with E-state index < -0.39 is 0 Å². The van der Waals surface area contributed by atoms with Crippen LogP contribution in [-0.4, -0.2) is 11.6 Å². The summed E-state index contributed by atoms with van der Waals surface area (Å²) in [7, 11) is 0. The molecule has 0 radical (unpaired) electrons. The molecule has 334 valence electrons. The highest BCUT2D eigenvalue weighted by Gasteiger charge is 2.39. The van der Waals surface area contributed by atoms with Gasteiger partial charge in [-0.3, -0.25) is 9.59 Å². The van der Waals surface area contributed by atoms with Gasteiger partial charge in [-0.25, -0.2) is 0 Å². The molecule has 0 amide bonds. The highest BCUT2D eigenvalue weighted by Crippen LogP contribution is 2.47. The SMILES string of the molecule is CC(C)(C)CC(c1ccccc1)(c1ccccc1)c1ccccc1.CC(C)(C)CCC(=O)c1ccc2ccc3c4c2c1CC=C4C=CC3.CC(C)(C)c1cccc2c1C(=O)c1ccccc1-2. The van der Waals surface area contributed by atoms with Crippen LogP contribution >= 0.6 is 0 Å². The second kappa shape index (κ2) is 18.5. The van der Waals surface area contributed by atoms with Crippen LogP contribution in [0.2, 0.25) is 0 Å². The van der Waals surface area contributed by atoms with E-state index in [1.807, 2.05) is 36.4 Å². The van der Waals surface area contributed by atoms with E-state index in [4.69, 9.17) is 0 Å². The van der Waals surface area contributed by atoms with E-state index in [1.165, 1.54) is 49.7 Å². The van der Waals surface area contributed by atoms with E-state index in [0.29, 0.717) is 12.2 Å². The highest BCUT2D eigenvalue weighted by molar-refractivity contribution is 6.22. The number of hydrogen-bond donors (Lipinski definition) is 0. The Labute approximate surface area is 394 Å². The van der Waals surface area contributed by atoms with Crippen molar-refractivity contribution >= 4 is 27.9 Å². The average molecular weight is 867 g/mol. The Morgan fingerprint density at radius 3 is 1.64 bits per heavy atom. The zero-order chi connectivity index (χ0) is 46.9. The minimum absolute atomic E-state index is 0.0109. The van der Waals surface area contributed by atoms with Gasteiger partial charge in [0.1, 0.15) is 0 Å². The van der Waals surface area contributed by atoms with Crippen LogP contribution in [-0.2, 0) is 23.7 Å². The van der Waals surface area contributed by atoms with Crippen molar-refractivity contribution in [2.75, 3.05) is 0 Å². The van der Waals surface area contributed by atoms with Crippen molar-refractivity contribution in [1.29, 1.82) is 0 Å². The van der Waals surface area contributed by atoms with Crippen LogP contribution < -0.4 is 0 Å². The van der Waals surface area contributed by atoms with Gasteiger partial charge in [0.2, 0.25) is 0 Å². The third-order valence-corrected chi connectivity index (χ3v) is 13.4. The molecule has 0 fully saturated rings. The number of allylic oxidation sites excluding steroid dienone is 4. The van der Waals surface area contributed by atoms with Crippen molar-refractivity contribution < 1.29 is 9.59 Å². The van der Waals surface area contributed by atoms with Gasteiger partial charge in [-0.2, -0.15) is 0 Å². The molecule has 0 aliphatic heterocycles. The lowest BCUT2D eigenvalue weighted by Crippen LogP contribution is -2.34. The quantitative estimate of drug-likeness (QED) is 0.118. The monoisotopic (exact) mass is 867 g/mol. The molecular formula is C64H66O2. The number of fused-ring (bicyclic) bond motifs is 3. The lowest BCUT2D eigenvalue weighted by Gasteiger charge is -2.40. The minimum atomic E-state index is -0.137. The molecule has 0 atom stereocenters. The summed E-state index contributed by atoms with van der Waals surface area (Å²) in [6.07, 6.45) is 11.2. The second-order valence-electron chi connectivity index (χ2n) is 21.8. The first-order chi connectivity index (χ1) is 31.5. The Balaban J connectivity index is 0.000000136. The van der Waals surface area contributed by atoms with E-state index in [1.54, 1.807) is 0 Å². The van der Waals surface area contributed by atoms with Gasteiger partial charge in [0.25, 0.3) is 0 Å². The Morgan fingerprint density at radius 1 is 0.530 bits per heavy atom. The fourth-order valence-electron chi connectivity index (χ4n) is 10.4. The summed E-state index contributed by atoms with van der Waals surface area (Å²) in [4.78, 5) is 25.4. The number of hydrogen-bond acceptors (Lipinski definition) is 2. The van der Waals surface area contributed by atoms with Crippen molar-refractivity contribution in [2.45, 2.75) is 105 Å². The molecule has 10 rings (SSSR count). The fourth-order valence-corrected chi connectivity index (χ4v) is 10.4. The molecule has 0 aromatic heterocycles. The molecule has 0 unspecified atom stereocenters. The standard InChI is InChI=1S/C24H26.C23H24O.C17H16O/c1-23(2,3)19-24(20-13-7-4-8-14-20,21-15-9-5-10-16-21)22-17-11-6-12-18-22;1-23(2,3)14-13-20(24)18-11-9-17-8-7-15-5-4-6-16-10-12-19(18)22(17)21(15)16;1-17(2,3)14-10-6-9-12-11-7-4-5-8-13(11)16(18)15(12)14/h4-18H,19H2,1-3H3;4,6-11H,5,12-14H2,1-3H3;4-10H,1-3H3. The van der Waals surface area contributed by atoms with Crippen molar-refractivity contribution in [2.24, 2.45) is 10.8 Å². The maximum Gasteiger partial charge on any atom is 0.194 e. The van der Waals surface area contributed by atoms with Crippen LogP contribution in [0.25, 0.3) is 27.5 Å². The highest BCUT2D eigenvalue weighted by atomic mass is 16.1. The largest absolute Gasteiger partial charge is 0.294 e. The summed E-state index contributed by atoms with van der Waals surface area (Å²) < 4.78 is 0. The van der Waals surface area contributed by atoms with E-state index in [0.717, 1.165) is 59.1 Å². The molecule has 2 nitrogen and oxygen atoms in total. The molecule has 0 heterocycles. The van der Waals surface area contributed by atoms with Crippen LogP contribution in [0.15, 0.2) is 176 Å². The number of carbonyl (C=O) groups is 2. The summed E-state index contributed by atoms with van der Waals surface area (Å²) in [5.41, 5.74) is 15.6. The van der Waals surface area contributed by atoms with Crippen LogP contribution in [0, 0.1) is 10.8 Å². The minimum Gasteiger partial charge on any atom is -0.294 e. The fraction of sp³-hybridized carbons (Fsp3) is 0.281. The van der Waals surface area contributed by atoms with E-state index in [9.17, 15) is 9.59 Å². The predicted molar refractivity (Wildman–Crippen MR) is 279 cm³/mol. The van der Waals surface area contributed by atoms with E-state index in [2.05, 4.69) is 202 Å². The first-order valence-electron chi connectivity index (χ1n) is 23.9. The molecule has 0 spiro atoms. The molecule has 2 heteroatoms. The maximum absolute atomic E-state index is 12.9. The summed E-state index contributed by atoms with van der Waals surface area (Å²) >= 11 is 0. The number of Topliss-reactive ketones (excluding diaryl/α,β-unsaturated/α-hetero) is 1. The van der Waals surface area contributed by atoms with Gasteiger partial charge in [-0.05, 0) is 108 Å². The maximum atomic E-state index is 12.9. The Morgan fingerprint density at radius 2 is 1.08 bits per heavy atom. The molecular weight excluding hydrogens is 801 g/mol. The molecule has 0 bridgehead atoms. The zero-order valence-corrected chi connectivity index (χ0v) is 40.6. The van der Waals surface area contributed by atoms with Gasteiger partial charge >= 0.3 is 0 Å².